The van der Waals surface area contributed by atoms with Crippen molar-refractivity contribution in [3.63, 3.8) is 0 Å². The standard InChI is InChI=1S/C18H24F3NO3/c1-16(2,3)25-15(23)22-11-9-17(4,10-12-22)24-14-8-6-5-7-13(14)18(19,20)21/h5-8H,9-12H2,1-4H3. The zero-order valence-corrected chi connectivity index (χ0v) is 14.9. The minimum atomic E-state index is -4.47. The van der Waals surface area contributed by atoms with Crippen LogP contribution in [0.4, 0.5) is 18.0 Å². The number of nitrogens with zero attached hydrogens (tertiary/aromatic N) is 1. The Bertz CT molecular complexity index is 615. The molecule has 25 heavy (non-hydrogen) atoms. The summed E-state index contributed by atoms with van der Waals surface area (Å²) in [6.45, 7) is 7.88. The number of halogens is 3. The molecule has 0 bridgehead atoms. The van der Waals surface area contributed by atoms with Gasteiger partial charge in [-0.25, -0.2) is 4.79 Å². The van der Waals surface area contributed by atoms with Crippen LogP contribution < -0.4 is 4.74 Å². The summed E-state index contributed by atoms with van der Waals surface area (Å²) >= 11 is 0. The Morgan fingerprint density at radius 3 is 2.20 bits per heavy atom. The molecular formula is C18H24F3NO3. The Morgan fingerprint density at radius 2 is 1.68 bits per heavy atom. The van der Waals surface area contributed by atoms with Crippen LogP contribution in [-0.4, -0.2) is 35.3 Å². The maximum Gasteiger partial charge on any atom is 0.419 e. The van der Waals surface area contributed by atoms with Gasteiger partial charge in [-0.1, -0.05) is 12.1 Å². The van der Waals surface area contributed by atoms with Crippen molar-refractivity contribution < 1.29 is 27.4 Å². The lowest BCUT2D eigenvalue weighted by molar-refractivity contribution is -0.140. The first-order chi connectivity index (χ1) is 11.4. The van der Waals surface area contributed by atoms with Gasteiger partial charge in [0.15, 0.2) is 0 Å². The molecule has 1 aromatic carbocycles. The molecule has 1 fully saturated rings. The van der Waals surface area contributed by atoms with Gasteiger partial charge < -0.3 is 14.4 Å². The van der Waals surface area contributed by atoms with Crippen molar-refractivity contribution in [1.82, 2.24) is 4.90 Å². The van der Waals surface area contributed by atoms with Crippen LogP contribution in [0.5, 0.6) is 5.75 Å². The number of amides is 1. The molecule has 1 amide bonds. The minimum Gasteiger partial charge on any atom is -0.487 e. The van der Waals surface area contributed by atoms with E-state index in [0.29, 0.717) is 25.9 Å². The molecule has 1 aliphatic heterocycles. The average Bonchev–Trinajstić information content (AvgIpc) is 2.45. The van der Waals surface area contributed by atoms with Crippen molar-refractivity contribution in [2.75, 3.05) is 13.1 Å². The lowest BCUT2D eigenvalue weighted by Gasteiger charge is -2.40. The Morgan fingerprint density at radius 1 is 1.12 bits per heavy atom. The molecule has 0 saturated carbocycles. The molecule has 0 aliphatic carbocycles. The predicted molar refractivity (Wildman–Crippen MR) is 87.5 cm³/mol. The van der Waals surface area contributed by atoms with Gasteiger partial charge in [-0.3, -0.25) is 0 Å². The van der Waals surface area contributed by atoms with Gasteiger partial charge in [0.2, 0.25) is 0 Å². The smallest absolute Gasteiger partial charge is 0.419 e. The van der Waals surface area contributed by atoms with E-state index in [-0.39, 0.29) is 5.75 Å². The third kappa shape index (κ3) is 5.28. The Kier molecular flexibility index (Phi) is 5.25. The normalized spacial score (nSPS) is 18.0. The molecule has 140 valence electrons. The van der Waals surface area contributed by atoms with Gasteiger partial charge in [-0.2, -0.15) is 13.2 Å². The fourth-order valence-corrected chi connectivity index (χ4v) is 2.65. The number of para-hydroxylation sites is 1. The van der Waals surface area contributed by atoms with Gasteiger partial charge in [0.05, 0.1) is 5.56 Å². The van der Waals surface area contributed by atoms with Crippen LogP contribution >= 0.6 is 0 Å². The van der Waals surface area contributed by atoms with Crippen LogP contribution in [0.3, 0.4) is 0 Å². The maximum atomic E-state index is 13.1. The van der Waals surface area contributed by atoms with E-state index < -0.39 is 29.0 Å². The van der Waals surface area contributed by atoms with Crippen LogP contribution in [0.1, 0.15) is 46.1 Å². The van der Waals surface area contributed by atoms with Crippen molar-refractivity contribution in [3.8, 4) is 5.75 Å². The van der Waals surface area contributed by atoms with E-state index in [1.54, 1.807) is 32.6 Å². The third-order valence-electron chi connectivity index (χ3n) is 4.02. The van der Waals surface area contributed by atoms with Crippen LogP contribution in [0.25, 0.3) is 0 Å². The van der Waals surface area contributed by atoms with Crippen molar-refractivity contribution >= 4 is 6.09 Å². The number of hydrogen-bond acceptors (Lipinski definition) is 3. The fraction of sp³-hybridized carbons (Fsp3) is 0.611. The van der Waals surface area contributed by atoms with E-state index in [0.717, 1.165) is 6.07 Å². The summed E-state index contributed by atoms with van der Waals surface area (Å²) in [7, 11) is 0. The molecule has 1 heterocycles. The molecule has 0 atom stereocenters. The lowest BCUT2D eigenvalue weighted by Crippen LogP contribution is -2.49. The number of carbonyl (C=O) groups is 1. The monoisotopic (exact) mass is 359 g/mol. The number of benzene rings is 1. The number of hydrogen-bond donors (Lipinski definition) is 0. The van der Waals surface area contributed by atoms with Crippen molar-refractivity contribution in [2.24, 2.45) is 0 Å². The van der Waals surface area contributed by atoms with Gasteiger partial charge in [0.25, 0.3) is 0 Å². The highest BCUT2D eigenvalue weighted by Crippen LogP contribution is 2.39. The van der Waals surface area contributed by atoms with Gasteiger partial charge in [0, 0.05) is 25.9 Å². The second-order valence-electron chi connectivity index (χ2n) is 7.51. The van der Waals surface area contributed by atoms with Gasteiger partial charge in [0.1, 0.15) is 17.0 Å². The largest absolute Gasteiger partial charge is 0.487 e. The maximum absolute atomic E-state index is 13.1. The van der Waals surface area contributed by atoms with E-state index in [1.165, 1.54) is 18.2 Å². The summed E-state index contributed by atoms with van der Waals surface area (Å²) in [6.07, 6.45) is -4.02. The van der Waals surface area contributed by atoms with E-state index in [4.69, 9.17) is 9.47 Å². The molecule has 0 spiro atoms. The molecule has 0 unspecified atom stereocenters. The lowest BCUT2D eigenvalue weighted by atomic mass is 9.93. The van der Waals surface area contributed by atoms with Gasteiger partial charge in [-0.05, 0) is 39.8 Å². The van der Waals surface area contributed by atoms with E-state index in [2.05, 4.69) is 0 Å². The fourth-order valence-electron chi connectivity index (χ4n) is 2.65. The van der Waals surface area contributed by atoms with Crippen LogP contribution in [0.15, 0.2) is 24.3 Å². The van der Waals surface area contributed by atoms with Crippen LogP contribution in [-0.2, 0) is 10.9 Å². The highest BCUT2D eigenvalue weighted by molar-refractivity contribution is 5.68. The topological polar surface area (TPSA) is 38.8 Å². The van der Waals surface area contributed by atoms with Crippen molar-refractivity contribution in [3.05, 3.63) is 29.8 Å². The molecule has 1 saturated heterocycles. The Hall–Kier alpha value is -1.92. The molecule has 1 aromatic rings. The number of ether oxygens (including phenoxy) is 2. The third-order valence-corrected chi connectivity index (χ3v) is 4.02. The first-order valence-corrected chi connectivity index (χ1v) is 8.23. The number of likely N-dealkylation sites (tertiary alicyclic amines) is 1. The Balaban J connectivity index is 2.03. The summed E-state index contributed by atoms with van der Waals surface area (Å²) in [6, 6.07) is 5.19. The molecule has 1 aliphatic rings. The summed E-state index contributed by atoms with van der Waals surface area (Å²) in [5, 5.41) is 0. The summed E-state index contributed by atoms with van der Waals surface area (Å²) in [5.74, 6) is -0.178. The summed E-state index contributed by atoms with van der Waals surface area (Å²) in [4.78, 5) is 13.6. The number of alkyl halides is 3. The molecular weight excluding hydrogens is 335 g/mol. The zero-order chi connectivity index (χ0) is 18.9. The molecule has 7 heteroatoms. The second kappa shape index (κ2) is 6.77. The molecule has 2 rings (SSSR count). The van der Waals surface area contributed by atoms with Crippen LogP contribution in [0, 0.1) is 0 Å². The zero-order valence-electron chi connectivity index (χ0n) is 14.9. The van der Waals surface area contributed by atoms with Crippen LogP contribution in [0.2, 0.25) is 0 Å². The van der Waals surface area contributed by atoms with E-state index in [1.807, 2.05) is 0 Å². The molecule has 0 aromatic heterocycles. The molecule has 0 N–H and O–H groups in total. The van der Waals surface area contributed by atoms with E-state index in [9.17, 15) is 18.0 Å². The minimum absolute atomic E-state index is 0.178. The average molecular weight is 359 g/mol. The molecule has 4 nitrogen and oxygen atoms in total. The number of rotatable bonds is 2. The molecule has 0 radical (unpaired) electrons. The first-order valence-electron chi connectivity index (χ1n) is 8.23. The second-order valence-corrected chi connectivity index (χ2v) is 7.51. The number of piperidine rings is 1. The predicted octanol–water partition coefficient (Wildman–Crippen LogP) is 4.87. The van der Waals surface area contributed by atoms with Gasteiger partial charge >= 0.3 is 12.3 Å². The highest BCUT2D eigenvalue weighted by atomic mass is 19.4. The van der Waals surface area contributed by atoms with Crippen molar-refractivity contribution in [2.45, 2.75) is 57.9 Å². The number of carbonyl (C=O) groups excluding carboxylic acids is 1. The van der Waals surface area contributed by atoms with Gasteiger partial charge in [-0.15, -0.1) is 0 Å². The highest BCUT2D eigenvalue weighted by Gasteiger charge is 2.39. The first kappa shape index (κ1) is 19.4. The SMILES string of the molecule is CC(C)(C)OC(=O)N1CCC(C)(Oc2ccccc2C(F)(F)F)CC1. The van der Waals surface area contributed by atoms with Crippen molar-refractivity contribution in [1.29, 1.82) is 0 Å². The van der Waals surface area contributed by atoms with E-state index >= 15 is 0 Å². The summed E-state index contributed by atoms with van der Waals surface area (Å²) in [5.41, 5.74) is -2.13. The Labute approximate surface area is 145 Å². The quantitative estimate of drug-likeness (QED) is 0.756. The summed E-state index contributed by atoms with van der Waals surface area (Å²) < 4.78 is 50.4.